The average molecular weight is 576 g/mol. The number of aliphatic hydroxyl groups excluding tert-OH is 1. The highest BCUT2D eigenvalue weighted by atomic mass is 35.5. The largest absolute Gasteiger partial charge is 0.485 e. The predicted molar refractivity (Wildman–Crippen MR) is 141 cm³/mol. The van der Waals surface area contributed by atoms with Gasteiger partial charge in [0.2, 0.25) is 0 Å². The Balaban J connectivity index is 1.77. The van der Waals surface area contributed by atoms with Crippen LogP contribution >= 0.6 is 18.0 Å². The summed E-state index contributed by atoms with van der Waals surface area (Å²) < 4.78 is 24.1. The standard InChI is InChI=1S/C23H31ClN3O8PS/c1-14(2)34-20(30)15(3)26-36(37,13-32-16-8-6-5-7-9-16)33-12-17-19(29)23(4,24)21(35-17)27-11-10-18(28)25-22(27)31/h5-11,14-15,17,19,21,29H,12-13H2,1-4H3,(H,26,37)(H,25,28,31)/t15-,17-,19-,21-,23-,36?/m1/s1. The molecule has 1 aliphatic heterocycles. The second-order valence-corrected chi connectivity index (χ2v) is 13.7. The summed E-state index contributed by atoms with van der Waals surface area (Å²) in [5.41, 5.74) is -1.31. The molecule has 0 spiro atoms. The summed E-state index contributed by atoms with van der Waals surface area (Å²) in [5.74, 6) is 0.0538. The van der Waals surface area contributed by atoms with Crippen molar-refractivity contribution in [1.29, 1.82) is 0 Å². The van der Waals surface area contributed by atoms with Gasteiger partial charge in [-0.3, -0.25) is 24.2 Å². The molecule has 3 rings (SSSR count). The molecule has 1 aliphatic rings. The number of aliphatic hydroxyl groups is 1. The summed E-state index contributed by atoms with van der Waals surface area (Å²) >= 11 is 12.4. The molecule has 3 N–H and O–H groups in total. The summed E-state index contributed by atoms with van der Waals surface area (Å²) in [7, 11) is 0. The molecule has 1 unspecified atom stereocenters. The highest BCUT2D eigenvalue weighted by Gasteiger charge is 2.53. The number of ether oxygens (including phenoxy) is 3. The minimum absolute atomic E-state index is 0.0740. The summed E-state index contributed by atoms with van der Waals surface area (Å²) in [5, 5.41) is 13.9. The van der Waals surface area contributed by atoms with Gasteiger partial charge in [0, 0.05) is 12.3 Å². The summed E-state index contributed by atoms with van der Waals surface area (Å²) in [6.07, 6.45) is -5.55. The van der Waals surface area contributed by atoms with Crippen LogP contribution in [0.1, 0.15) is 33.9 Å². The molecule has 11 nitrogen and oxygen atoms in total. The first kappa shape index (κ1) is 29.5. The summed E-state index contributed by atoms with van der Waals surface area (Å²) in [4.78, 5) is 36.9. The molecular weight excluding hydrogens is 545 g/mol. The van der Waals surface area contributed by atoms with E-state index in [2.05, 4.69) is 10.1 Å². The van der Waals surface area contributed by atoms with Gasteiger partial charge >= 0.3 is 11.7 Å². The minimum Gasteiger partial charge on any atom is -0.485 e. The van der Waals surface area contributed by atoms with E-state index < -0.39 is 53.0 Å². The van der Waals surface area contributed by atoms with Gasteiger partial charge in [0.05, 0.1) is 12.7 Å². The molecular formula is C23H31ClN3O8PS. The molecule has 1 fully saturated rings. The van der Waals surface area contributed by atoms with Crippen LogP contribution in [0.25, 0.3) is 0 Å². The Labute approximate surface area is 224 Å². The van der Waals surface area contributed by atoms with Crippen LogP contribution in [0.3, 0.4) is 0 Å². The number of carbonyl (C=O) groups is 1. The van der Waals surface area contributed by atoms with Gasteiger partial charge < -0.3 is 23.8 Å². The van der Waals surface area contributed by atoms with E-state index in [1.54, 1.807) is 45.0 Å². The van der Waals surface area contributed by atoms with E-state index in [0.29, 0.717) is 5.75 Å². The van der Waals surface area contributed by atoms with Crippen LogP contribution in [0.4, 0.5) is 0 Å². The van der Waals surface area contributed by atoms with Crippen molar-refractivity contribution < 1.29 is 28.6 Å². The molecule has 1 aromatic carbocycles. The van der Waals surface area contributed by atoms with Crippen LogP contribution < -0.4 is 21.1 Å². The Morgan fingerprint density at radius 1 is 1.30 bits per heavy atom. The minimum atomic E-state index is -3.06. The highest BCUT2D eigenvalue weighted by Crippen LogP contribution is 2.47. The second-order valence-electron chi connectivity index (χ2n) is 9.03. The summed E-state index contributed by atoms with van der Waals surface area (Å²) in [6, 6.07) is 9.31. The van der Waals surface area contributed by atoms with Gasteiger partial charge in [-0.2, -0.15) is 0 Å². The number of halogens is 1. The molecule has 0 bridgehead atoms. The number of nitrogens with zero attached hydrogens (tertiary/aromatic N) is 1. The van der Waals surface area contributed by atoms with Crippen molar-refractivity contribution in [1.82, 2.24) is 14.6 Å². The van der Waals surface area contributed by atoms with Crippen molar-refractivity contribution in [2.75, 3.05) is 13.0 Å². The lowest BCUT2D eigenvalue weighted by Crippen LogP contribution is -2.43. The number of benzene rings is 1. The maximum absolute atomic E-state index is 12.4. The van der Waals surface area contributed by atoms with Gasteiger partial charge in [-0.1, -0.05) is 18.2 Å². The molecule has 14 heteroatoms. The molecule has 1 aromatic heterocycles. The van der Waals surface area contributed by atoms with Gasteiger partial charge in [0.15, 0.2) is 19.0 Å². The molecule has 1 saturated heterocycles. The number of hydrogen-bond acceptors (Lipinski definition) is 9. The van der Waals surface area contributed by atoms with Crippen molar-refractivity contribution in [3.63, 3.8) is 0 Å². The number of hydrogen-bond donors (Lipinski definition) is 3. The molecule has 0 radical (unpaired) electrons. The molecule has 6 atom stereocenters. The van der Waals surface area contributed by atoms with E-state index in [0.717, 1.165) is 10.6 Å². The number of alkyl halides is 1. The molecule has 37 heavy (non-hydrogen) atoms. The lowest BCUT2D eigenvalue weighted by molar-refractivity contribution is -0.149. The van der Waals surface area contributed by atoms with Gasteiger partial charge in [0.25, 0.3) is 5.56 Å². The van der Waals surface area contributed by atoms with Crippen molar-refractivity contribution >= 4 is 35.8 Å². The van der Waals surface area contributed by atoms with Crippen LogP contribution in [0.15, 0.2) is 52.2 Å². The van der Waals surface area contributed by atoms with Gasteiger partial charge in [-0.05, 0) is 51.6 Å². The lowest BCUT2D eigenvalue weighted by atomic mass is 10.0. The first-order valence-electron chi connectivity index (χ1n) is 11.6. The topological polar surface area (TPSA) is 141 Å². The number of nitrogens with one attached hydrogen (secondary N) is 2. The fourth-order valence-electron chi connectivity index (χ4n) is 3.63. The first-order chi connectivity index (χ1) is 17.3. The molecule has 0 aliphatic carbocycles. The normalized spacial score (nSPS) is 26.0. The molecule has 0 amide bonds. The lowest BCUT2D eigenvalue weighted by Gasteiger charge is -2.28. The average Bonchev–Trinajstić information content (AvgIpc) is 3.05. The third kappa shape index (κ3) is 7.51. The Morgan fingerprint density at radius 3 is 2.59 bits per heavy atom. The van der Waals surface area contributed by atoms with E-state index in [1.165, 1.54) is 13.1 Å². The zero-order valence-electron chi connectivity index (χ0n) is 20.8. The van der Waals surface area contributed by atoms with Crippen LogP contribution in [0.2, 0.25) is 0 Å². The van der Waals surface area contributed by atoms with Crippen LogP contribution in [-0.4, -0.2) is 62.8 Å². The van der Waals surface area contributed by atoms with E-state index in [9.17, 15) is 19.5 Å². The third-order valence-corrected chi connectivity index (χ3v) is 8.68. The zero-order valence-corrected chi connectivity index (χ0v) is 23.3. The third-order valence-electron chi connectivity index (χ3n) is 5.51. The maximum atomic E-state index is 12.4. The van der Waals surface area contributed by atoms with Crippen LogP contribution in [-0.2, 0) is 30.6 Å². The second kappa shape index (κ2) is 12.2. The highest BCUT2D eigenvalue weighted by molar-refractivity contribution is 8.11. The number of carbonyl (C=O) groups excluding carboxylic acids is 1. The number of H-pyrrole nitrogens is 1. The van der Waals surface area contributed by atoms with Crippen LogP contribution in [0, 0.1) is 0 Å². The van der Waals surface area contributed by atoms with Crippen molar-refractivity contribution in [2.45, 2.75) is 63.2 Å². The fourth-order valence-corrected chi connectivity index (χ4v) is 6.36. The van der Waals surface area contributed by atoms with Crippen LogP contribution in [0.5, 0.6) is 5.75 Å². The van der Waals surface area contributed by atoms with Gasteiger partial charge in [-0.25, -0.2) is 4.79 Å². The number of esters is 1. The first-order valence-corrected chi connectivity index (χ1v) is 14.8. The molecule has 2 heterocycles. The van der Waals surface area contributed by atoms with E-state index in [-0.39, 0.29) is 19.1 Å². The fraction of sp³-hybridized carbons (Fsp3) is 0.522. The molecule has 0 saturated carbocycles. The Morgan fingerprint density at radius 2 is 1.97 bits per heavy atom. The monoisotopic (exact) mass is 575 g/mol. The SMILES string of the molecule is CC(C)OC(=O)[C@@H](C)NP(=S)(COc1ccccc1)OC[C@H]1O[C@@H](n2ccc(=O)[nH]c2=O)[C@](C)(Cl)[C@@H]1O. The van der Waals surface area contributed by atoms with Crippen molar-refractivity contribution in [3.05, 3.63) is 63.4 Å². The Hall–Kier alpha value is -2.05. The predicted octanol–water partition coefficient (Wildman–Crippen LogP) is 2.08. The summed E-state index contributed by atoms with van der Waals surface area (Å²) in [6.45, 7) is 6.38. The van der Waals surface area contributed by atoms with Gasteiger partial charge in [0.1, 0.15) is 28.9 Å². The quantitative estimate of drug-likeness (QED) is 0.207. The van der Waals surface area contributed by atoms with Crippen molar-refractivity contribution in [3.8, 4) is 5.75 Å². The zero-order chi connectivity index (χ0) is 27.4. The number of rotatable bonds is 11. The smallest absolute Gasteiger partial charge is 0.330 e. The van der Waals surface area contributed by atoms with Gasteiger partial charge in [-0.15, -0.1) is 11.6 Å². The molecule has 2 aromatic rings. The number of aromatic amines is 1. The van der Waals surface area contributed by atoms with E-state index in [1.807, 2.05) is 6.07 Å². The number of para-hydroxylation sites is 1. The Bertz CT molecular complexity index is 1240. The molecule has 204 valence electrons. The van der Waals surface area contributed by atoms with E-state index in [4.69, 9.17) is 42.1 Å². The van der Waals surface area contributed by atoms with Crippen molar-refractivity contribution in [2.24, 2.45) is 0 Å². The van der Waals surface area contributed by atoms with E-state index >= 15 is 0 Å². The number of aromatic nitrogens is 2. The Kier molecular flexibility index (Phi) is 9.73. The maximum Gasteiger partial charge on any atom is 0.330 e.